The first kappa shape index (κ1) is 10.7. The maximum Gasteiger partial charge on any atom is 0.123 e. The van der Waals surface area contributed by atoms with Crippen LogP contribution in [-0.4, -0.2) is 9.97 Å². The number of thiazole rings is 1. The molecule has 0 unspecified atom stereocenters. The number of hydrogen-bond acceptors (Lipinski definition) is 3. The minimum absolute atomic E-state index is 0.566. The molecule has 0 atom stereocenters. The van der Waals surface area contributed by atoms with E-state index in [9.17, 15) is 0 Å². The van der Waals surface area contributed by atoms with Gasteiger partial charge in [-0.3, -0.25) is 4.98 Å². The topological polar surface area (TPSA) is 25.8 Å². The van der Waals surface area contributed by atoms with E-state index in [4.69, 9.17) is 0 Å². The van der Waals surface area contributed by atoms with E-state index < -0.39 is 0 Å². The molecule has 0 spiro atoms. The summed E-state index contributed by atoms with van der Waals surface area (Å²) in [5.74, 6) is 0.566. The van der Waals surface area contributed by atoms with Crippen LogP contribution in [0.1, 0.15) is 30.1 Å². The molecule has 0 aromatic carbocycles. The van der Waals surface area contributed by atoms with Crippen molar-refractivity contribution in [3.63, 3.8) is 0 Å². The monoisotopic (exact) mass is 242 g/mol. The minimum atomic E-state index is 0.566. The Labute approximate surface area is 105 Å². The molecule has 1 aliphatic carbocycles. The molecular formula is C14H14N2S. The van der Waals surface area contributed by atoms with Gasteiger partial charge in [0.25, 0.3) is 0 Å². The van der Waals surface area contributed by atoms with E-state index in [2.05, 4.69) is 33.6 Å². The molecule has 3 rings (SSSR count). The predicted octanol–water partition coefficient (Wildman–Crippen LogP) is 3.95. The van der Waals surface area contributed by atoms with Crippen molar-refractivity contribution in [1.82, 2.24) is 9.97 Å². The van der Waals surface area contributed by atoms with E-state index in [1.807, 2.05) is 19.2 Å². The van der Waals surface area contributed by atoms with Gasteiger partial charge in [-0.2, -0.15) is 0 Å². The molecule has 0 amide bonds. The Balaban J connectivity index is 1.93. The molecular weight excluding hydrogens is 228 g/mol. The molecule has 0 radical (unpaired) electrons. The van der Waals surface area contributed by atoms with Gasteiger partial charge in [-0.05, 0) is 31.9 Å². The third kappa shape index (κ3) is 2.15. The molecule has 17 heavy (non-hydrogen) atoms. The molecule has 2 aromatic heterocycles. The summed E-state index contributed by atoms with van der Waals surface area (Å²) >= 11 is 1.70. The molecule has 0 N–H and O–H groups in total. The SMILES string of the molecule is Cc1csc(-c2ccnc(C3CC=CC3)c2)n1. The van der Waals surface area contributed by atoms with Crippen LogP contribution < -0.4 is 0 Å². The van der Waals surface area contributed by atoms with Gasteiger partial charge in [-0.15, -0.1) is 11.3 Å². The lowest BCUT2D eigenvalue weighted by molar-refractivity contribution is 0.725. The van der Waals surface area contributed by atoms with Crippen LogP contribution in [0, 0.1) is 6.92 Å². The second-order valence-electron chi connectivity index (χ2n) is 4.40. The Hall–Kier alpha value is -1.48. The molecule has 1 aliphatic rings. The Morgan fingerprint density at radius 1 is 1.29 bits per heavy atom. The zero-order valence-corrected chi connectivity index (χ0v) is 10.6. The lowest BCUT2D eigenvalue weighted by atomic mass is 10.0. The number of hydrogen-bond donors (Lipinski definition) is 0. The Morgan fingerprint density at radius 3 is 2.82 bits per heavy atom. The van der Waals surface area contributed by atoms with E-state index in [0.29, 0.717) is 5.92 Å². The van der Waals surface area contributed by atoms with Crippen molar-refractivity contribution in [2.45, 2.75) is 25.7 Å². The maximum atomic E-state index is 4.52. The molecule has 2 heterocycles. The standard InChI is InChI=1S/C14H14N2S/c1-10-9-17-14(16-10)12-6-7-15-13(8-12)11-4-2-3-5-11/h2-3,6-9,11H,4-5H2,1H3. The van der Waals surface area contributed by atoms with Crippen LogP contribution >= 0.6 is 11.3 Å². The molecule has 86 valence electrons. The van der Waals surface area contributed by atoms with Crippen LogP contribution in [0.2, 0.25) is 0 Å². The van der Waals surface area contributed by atoms with Crippen molar-refractivity contribution in [2.75, 3.05) is 0 Å². The fraction of sp³-hybridized carbons (Fsp3) is 0.286. The van der Waals surface area contributed by atoms with E-state index in [1.165, 1.54) is 11.3 Å². The molecule has 2 nitrogen and oxygen atoms in total. The Bertz CT molecular complexity index is 549. The number of allylic oxidation sites excluding steroid dienone is 2. The van der Waals surface area contributed by atoms with Crippen LogP contribution in [-0.2, 0) is 0 Å². The summed E-state index contributed by atoms with van der Waals surface area (Å²) in [5.41, 5.74) is 3.48. The first-order valence-electron chi connectivity index (χ1n) is 5.86. The third-order valence-corrected chi connectivity index (χ3v) is 4.08. The van der Waals surface area contributed by atoms with Crippen LogP contribution in [0.25, 0.3) is 10.6 Å². The summed E-state index contributed by atoms with van der Waals surface area (Å²) in [6.45, 7) is 2.03. The maximum absolute atomic E-state index is 4.52. The molecule has 3 heteroatoms. The summed E-state index contributed by atoms with van der Waals surface area (Å²) in [6, 6.07) is 4.24. The fourth-order valence-electron chi connectivity index (χ4n) is 2.15. The smallest absolute Gasteiger partial charge is 0.123 e. The van der Waals surface area contributed by atoms with Crippen LogP contribution in [0.3, 0.4) is 0 Å². The van der Waals surface area contributed by atoms with Gasteiger partial charge >= 0.3 is 0 Å². The lowest BCUT2D eigenvalue weighted by Crippen LogP contribution is -1.96. The van der Waals surface area contributed by atoms with Gasteiger partial charge in [0.05, 0.1) is 0 Å². The van der Waals surface area contributed by atoms with Crippen molar-refractivity contribution < 1.29 is 0 Å². The highest BCUT2D eigenvalue weighted by atomic mass is 32.1. The highest BCUT2D eigenvalue weighted by Gasteiger charge is 2.15. The highest BCUT2D eigenvalue weighted by Crippen LogP contribution is 2.31. The number of pyridine rings is 1. The number of nitrogens with zero attached hydrogens (tertiary/aromatic N) is 2. The van der Waals surface area contributed by atoms with Crippen LogP contribution in [0.4, 0.5) is 0 Å². The van der Waals surface area contributed by atoms with Crippen LogP contribution in [0.15, 0.2) is 35.9 Å². The molecule has 0 fully saturated rings. The van der Waals surface area contributed by atoms with E-state index in [-0.39, 0.29) is 0 Å². The highest BCUT2D eigenvalue weighted by molar-refractivity contribution is 7.13. The minimum Gasteiger partial charge on any atom is -0.261 e. The number of rotatable bonds is 2. The van der Waals surface area contributed by atoms with Crippen molar-refractivity contribution in [3.8, 4) is 10.6 Å². The summed E-state index contributed by atoms with van der Waals surface area (Å²) < 4.78 is 0. The molecule has 0 aliphatic heterocycles. The molecule has 2 aromatic rings. The largest absolute Gasteiger partial charge is 0.261 e. The first-order valence-corrected chi connectivity index (χ1v) is 6.74. The van der Waals surface area contributed by atoms with E-state index in [0.717, 1.165) is 23.5 Å². The third-order valence-electron chi connectivity index (χ3n) is 3.07. The van der Waals surface area contributed by atoms with Gasteiger partial charge in [0.2, 0.25) is 0 Å². The van der Waals surface area contributed by atoms with Crippen molar-refractivity contribution >= 4 is 11.3 Å². The van der Waals surface area contributed by atoms with Gasteiger partial charge in [-0.1, -0.05) is 12.2 Å². The average molecular weight is 242 g/mol. The molecule has 0 saturated heterocycles. The van der Waals surface area contributed by atoms with Gasteiger partial charge < -0.3 is 0 Å². The average Bonchev–Trinajstić information content (AvgIpc) is 3.00. The van der Waals surface area contributed by atoms with Crippen molar-refractivity contribution in [2.24, 2.45) is 0 Å². The first-order chi connectivity index (χ1) is 8.33. The predicted molar refractivity (Wildman–Crippen MR) is 71.2 cm³/mol. The second kappa shape index (κ2) is 4.41. The summed E-state index contributed by atoms with van der Waals surface area (Å²) in [7, 11) is 0. The summed E-state index contributed by atoms with van der Waals surface area (Å²) in [4.78, 5) is 9.01. The molecule has 0 bridgehead atoms. The van der Waals surface area contributed by atoms with Gasteiger partial charge in [0.15, 0.2) is 0 Å². The number of aromatic nitrogens is 2. The molecule has 0 saturated carbocycles. The zero-order valence-electron chi connectivity index (χ0n) is 9.76. The second-order valence-corrected chi connectivity index (χ2v) is 5.26. The number of aryl methyl sites for hydroxylation is 1. The zero-order chi connectivity index (χ0) is 11.7. The summed E-state index contributed by atoms with van der Waals surface area (Å²) in [6.07, 6.45) is 8.62. The Morgan fingerprint density at radius 2 is 2.12 bits per heavy atom. The van der Waals surface area contributed by atoms with Crippen LogP contribution in [0.5, 0.6) is 0 Å². The van der Waals surface area contributed by atoms with E-state index >= 15 is 0 Å². The van der Waals surface area contributed by atoms with Crippen molar-refractivity contribution in [3.05, 3.63) is 47.2 Å². The van der Waals surface area contributed by atoms with E-state index in [1.54, 1.807) is 11.3 Å². The van der Waals surface area contributed by atoms with Crippen molar-refractivity contribution in [1.29, 1.82) is 0 Å². The summed E-state index contributed by atoms with van der Waals surface area (Å²) in [5, 5.41) is 3.18. The van der Waals surface area contributed by atoms with Gasteiger partial charge in [-0.25, -0.2) is 4.98 Å². The lowest BCUT2D eigenvalue weighted by Gasteiger charge is -2.09. The quantitative estimate of drug-likeness (QED) is 0.745. The van der Waals surface area contributed by atoms with Gasteiger partial charge in [0.1, 0.15) is 5.01 Å². The Kier molecular flexibility index (Phi) is 2.77. The van der Waals surface area contributed by atoms with Gasteiger partial charge in [0, 0.05) is 34.4 Å². The normalized spacial score (nSPS) is 15.6. The fourth-order valence-corrected chi connectivity index (χ4v) is 2.94.